The van der Waals surface area contributed by atoms with E-state index in [9.17, 15) is 4.79 Å². The predicted molar refractivity (Wildman–Crippen MR) is 128 cm³/mol. The Kier molecular flexibility index (Phi) is 5.71. The molecule has 0 bridgehead atoms. The van der Waals surface area contributed by atoms with Crippen LogP contribution in [0.1, 0.15) is 11.3 Å². The molecule has 1 aliphatic rings. The van der Waals surface area contributed by atoms with Crippen molar-refractivity contribution < 1.29 is 4.79 Å². The van der Waals surface area contributed by atoms with E-state index in [4.69, 9.17) is 23.2 Å². The monoisotopic (exact) mass is 470 g/mol. The minimum atomic E-state index is -0.137. The molecule has 0 saturated carbocycles. The molecule has 1 amide bonds. The first-order valence-electron chi connectivity index (χ1n) is 10.1. The van der Waals surface area contributed by atoms with E-state index in [1.807, 2.05) is 46.3 Å². The smallest absolute Gasteiger partial charge is 0.246 e. The van der Waals surface area contributed by atoms with Crippen LogP contribution in [-0.4, -0.2) is 28.5 Å². The average molecular weight is 471 g/mol. The maximum absolute atomic E-state index is 13.0. The molecule has 31 heavy (non-hydrogen) atoms. The van der Waals surface area contributed by atoms with Gasteiger partial charge in [0.05, 0.1) is 21.3 Å². The standard InChI is InChI=1S/C23H20Cl2N4OS/c24-16-6-7-17(25)22-21(16)15-8-10-26-11-9-19(15)29(22)12-20(30)28-23-27-18(13-31-23)14-4-2-1-3-5-14/h1-7,13,26H,8-12H2,(H,27,28,30). The molecule has 0 saturated heterocycles. The van der Waals surface area contributed by atoms with Crippen LogP contribution in [0, 0.1) is 0 Å². The molecule has 2 aromatic heterocycles. The number of hydrogen-bond acceptors (Lipinski definition) is 4. The van der Waals surface area contributed by atoms with Crippen molar-refractivity contribution in [2.45, 2.75) is 19.4 Å². The number of thiazole rings is 1. The van der Waals surface area contributed by atoms with Gasteiger partial charge in [0.1, 0.15) is 6.54 Å². The van der Waals surface area contributed by atoms with Crippen LogP contribution >= 0.6 is 34.5 Å². The molecule has 5 rings (SSSR count). The molecule has 1 aliphatic heterocycles. The van der Waals surface area contributed by atoms with E-state index in [0.29, 0.717) is 15.2 Å². The van der Waals surface area contributed by atoms with Gasteiger partial charge in [-0.25, -0.2) is 4.98 Å². The zero-order chi connectivity index (χ0) is 21.4. The summed E-state index contributed by atoms with van der Waals surface area (Å²) in [7, 11) is 0. The third kappa shape index (κ3) is 3.96. The van der Waals surface area contributed by atoms with Crippen molar-refractivity contribution in [3.8, 4) is 11.3 Å². The molecule has 0 radical (unpaired) electrons. The zero-order valence-electron chi connectivity index (χ0n) is 16.6. The van der Waals surface area contributed by atoms with Gasteiger partial charge in [-0.2, -0.15) is 0 Å². The summed E-state index contributed by atoms with van der Waals surface area (Å²) in [5.41, 5.74) is 5.01. The number of benzene rings is 2. The van der Waals surface area contributed by atoms with Crippen LogP contribution in [0.5, 0.6) is 0 Å². The highest BCUT2D eigenvalue weighted by Gasteiger charge is 2.24. The number of nitrogens with one attached hydrogen (secondary N) is 2. The summed E-state index contributed by atoms with van der Waals surface area (Å²) >= 11 is 14.5. The Morgan fingerprint density at radius 3 is 2.71 bits per heavy atom. The number of carbonyl (C=O) groups excluding carboxylic acids is 1. The van der Waals surface area contributed by atoms with Gasteiger partial charge in [-0.15, -0.1) is 11.3 Å². The lowest BCUT2D eigenvalue weighted by Gasteiger charge is -2.11. The highest BCUT2D eigenvalue weighted by Crippen LogP contribution is 2.37. The van der Waals surface area contributed by atoms with Gasteiger partial charge in [-0.1, -0.05) is 53.5 Å². The number of hydrogen-bond donors (Lipinski definition) is 2. The Hall–Kier alpha value is -2.38. The Balaban J connectivity index is 1.46. The van der Waals surface area contributed by atoms with Gasteiger partial charge < -0.3 is 15.2 Å². The van der Waals surface area contributed by atoms with Gasteiger partial charge in [0.25, 0.3) is 0 Å². The average Bonchev–Trinajstić information content (AvgIpc) is 3.26. The lowest BCUT2D eigenvalue weighted by atomic mass is 10.1. The maximum atomic E-state index is 13.0. The van der Waals surface area contributed by atoms with E-state index in [1.165, 1.54) is 16.9 Å². The maximum Gasteiger partial charge on any atom is 0.246 e. The van der Waals surface area contributed by atoms with Gasteiger partial charge in [-0.05, 0) is 30.7 Å². The van der Waals surface area contributed by atoms with Crippen LogP contribution in [0.4, 0.5) is 5.13 Å². The van der Waals surface area contributed by atoms with Crippen LogP contribution in [0.25, 0.3) is 22.2 Å². The number of rotatable bonds is 4. The third-order valence-electron chi connectivity index (χ3n) is 5.54. The largest absolute Gasteiger partial charge is 0.334 e. The van der Waals surface area contributed by atoms with Crippen molar-refractivity contribution in [1.82, 2.24) is 14.9 Å². The van der Waals surface area contributed by atoms with Crippen LogP contribution in [0.3, 0.4) is 0 Å². The summed E-state index contributed by atoms with van der Waals surface area (Å²) in [6, 6.07) is 13.5. The summed E-state index contributed by atoms with van der Waals surface area (Å²) in [4.78, 5) is 17.5. The molecule has 5 nitrogen and oxygen atoms in total. The minimum absolute atomic E-state index is 0.137. The van der Waals surface area contributed by atoms with Gasteiger partial charge in [0.15, 0.2) is 5.13 Å². The van der Waals surface area contributed by atoms with Crippen molar-refractivity contribution in [1.29, 1.82) is 0 Å². The summed E-state index contributed by atoms with van der Waals surface area (Å²) in [5.74, 6) is -0.137. The molecule has 3 heterocycles. The number of halogens is 2. The summed E-state index contributed by atoms with van der Waals surface area (Å²) in [5, 5.41) is 11.1. The fourth-order valence-corrected chi connectivity index (χ4v) is 5.45. The van der Waals surface area contributed by atoms with Gasteiger partial charge in [-0.3, -0.25) is 4.79 Å². The fourth-order valence-electron chi connectivity index (χ4n) is 4.18. The highest BCUT2D eigenvalue weighted by molar-refractivity contribution is 7.14. The van der Waals surface area contributed by atoms with Crippen molar-refractivity contribution in [2.24, 2.45) is 0 Å². The predicted octanol–water partition coefficient (Wildman–Crippen LogP) is 5.40. The van der Waals surface area contributed by atoms with Gasteiger partial charge in [0, 0.05) is 35.0 Å². The molecular weight excluding hydrogens is 451 g/mol. The molecule has 0 atom stereocenters. The van der Waals surface area contributed by atoms with Crippen LogP contribution in [0.2, 0.25) is 10.0 Å². The minimum Gasteiger partial charge on any atom is -0.334 e. The Labute approximate surface area is 194 Å². The van der Waals surface area contributed by atoms with Gasteiger partial charge >= 0.3 is 0 Å². The molecular formula is C23H20Cl2N4OS. The summed E-state index contributed by atoms with van der Waals surface area (Å²) in [6.45, 7) is 1.89. The Bertz CT molecular complexity index is 1270. The summed E-state index contributed by atoms with van der Waals surface area (Å²) < 4.78 is 2.02. The molecule has 0 spiro atoms. The molecule has 2 aromatic carbocycles. The van der Waals surface area contributed by atoms with Gasteiger partial charge in [0.2, 0.25) is 5.91 Å². The van der Waals surface area contributed by atoms with E-state index in [1.54, 1.807) is 6.07 Å². The number of aromatic nitrogens is 2. The fraction of sp³-hybridized carbons (Fsp3) is 0.217. The van der Waals surface area contributed by atoms with E-state index in [2.05, 4.69) is 15.6 Å². The highest BCUT2D eigenvalue weighted by atomic mass is 35.5. The first-order chi connectivity index (χ1) is 15.1. The van der Waals surface area contributed by atoms with E-state index in [-0.39, 0.29) is 12.5 Å². The second-order valence-electron chi connectivity index (χ2n) is 7.47. The van der Waals surface area contributed by atoms with Crippen LogP contribution in [0.15, 0.2) is 47.8 Å². The first-order valence-corrected chi connectivity index (χ1v) is 11.7. The molecule has 4 aromatic rings. The topological polar surface area (TPSA) is 59.0 Å². The molecule has 8 heteroatoms. The van der Waals surface area contributed by atoms with Crippen LogP contribution < -0.4 is 10.6 Å². The molecule has 0 aliphatic carbocycles. The molecule has 158 valence electrons. The molecule has 0 unspecified atom stereocenters. The number of nitrogens with zero attached hydrogens (tertiary/aromatic N) is 2. The number of anilines is 1. The Morgan fingerprint density at radius 1 is 1.10 bits per heavy atom. The SMILES string of the molecule is O=C(Cn1c2c(c3c(Cl)ccc(Cl)c31)CCNCC2)Nc1nc(-c2ccccc2)cs1. The Morgan fingerprint density at radius 2 is 1.87 bits per heavy atom. The second-order valence-corrected chi connectivity index (χ2v) is 9.14. The molecule has 2 N–H and O–H groups in total. The van der Waals surface area contributed by atoms with Crippen LogP contribution in [-0.2, 0) is 24.2 Å². The second kappa shape index (κ2) is 8.63. The lowest BCUT2D eigenvalue weighted by molar-refractivity contribution is -0.116. The number of fused-ring (bicyclic) bond motifs is 3. The number of carbonyl (C=O) groups is 1. The lowest BCUT2D eigenvalue weighted by Crippen LogP contribution is -2.21. The number of amides is 1. The van der Waals surface area contributed by atoms with E-state index in [0.717, 1.165) is 53.8 Å². The van der Waals surface area contributed by atoms with Crippen molar-refractivity contribution >= 4 is 56.5 Å². The quantitative estimate of drug-likeness (QED) is 0.419. The van der Waals surface area contributed by atoms with Crippen molar-refractivity contribution in [3.05, 3.63) is 69.1 Å². The summed E-state index contributed by atoms with van der Waals surface area (Å²) in [6.07, 6.45) is 1.67. The van der Waals surface area contributed by atoms with Crippen molar-refractivity contribution in [3.63, 3.8) is 0 Å². The zero-order valence-corrected chi connectivity index (χ0v) is 18.9. The molecule has 0 fully saturated rings. The van der Waals surface area contributed by atoms with E-state index < -0.39 is 0 Å². The van der Waals surface area contributed by atoms with Crippen molar-refractivity contribution in [2.75, 3.05) is 18.4 Å². The normalized spacial score (nSPS) is 13.7. The first kappa shape index (κ1) is 20.5. The third-order valence-corrected chi connectivity index (χ3v) is 6.91. The van der Waals surface area contributed by atoms with E-state index >= 15 is 0 Å².